The van der Waals surface area contributed by atoms with Crippen molar-refractivity contribution >= 4 is 28.9 Å². The first-order valence-electron chi connectivity index (χ1n) is 6.88. The molecule has 0 bridgehead atoms. The number of carboxylic acid groups (broad SMARTS) is 1. The number of halogens is 1. The third-order valence-corrected chi connectivity index (χ3v) is 4.17. The molecule has 1 heterocycles. The maximum absolute atomic E-state index is 11.2. The zero-order valence-corrected chi connectivity index (χ0v) is 12.3. The summed E-state index contributed by atoms with van der Waals surface area (Å²) in [5.74, 6) is -0.404. The number of carbonyl (C=O) groups is 1. The molecule has 2 rings (SSSR count). The molecule has 0 unspecified atom stereocenters. The molecule has 1 fully saturated rings. The number of carboxylic acids is 1. The fourth-order valence-corrected chi connectivity index (χ4v) is 2.97. The van der Waals surface area contributed by atoms with E-state index in [-0.39, 0.29) is 17.1 Å². The second-order valence-electron chi connectivity index (χ2n) is 5.23. The van der Waals surface area contributed by atoms with E-state index in [0.29, 0.717) is 31.1 Å². The molecular formula is C14H17ClN2O4. The van der Waals surface area contributed by atoms with Gasteiger partial charge < -0.3 is 10.0 Å². The van der Waals surface area contributed by atoms with E-state index in [1.165, 1.54) is 6.07 Å². The molecule has 6 nitrogen and oxygen atoms in total. The summed E-state index contributed by atoms with van der Waals surface area (Å²) >= 11 is 5.92. The number of nitro groups is 1. The Balaban J connectivity index is 2.04. The number of benzene rings is 1. The summed E-state index contributed by atoms with van der Waals surface area (Å²) in [6.07, 6.45) is 2.54. The zero-order chi connectivity index (χ0) is 15.4. The lowest BCUT2D eigenvalue weighted by atomic mass is 9.92. The minimum atomic E-state index is -0.775. The Morgan fingerprint density at radius 1 is 1.43 bits per heavy atom. The van der Waals surface area contributed by atoms with Gasteiger partial charge in [0.2, 0.25) is 0 Å². The molecule has 21 heavy (non-hydrogen) atoms. The maximum Gasteiger partial charge on any atom is 0.310 e. The molecule has 0 spiro atoms. The van der Waals surface area contributed by atoms with Gasteiger partial charge in [0.15, 0.2) is 0 Å². The summed E-state index contributed by atoms with van der Waals surface area (Å²) < 4.78 is 0. The number of hydrogen-bond donors (Lipinski definition) is 1. The van der Waals surface area contributed by atoms with Gasteiger partial charge in [-0.2, -0.15) is 0 Å². The highest BCUT2D eigenvalue weighted by Gasteiger charge is 2.26. The van der Waals surface area contributed by atoms with Crippen molar-refractivity contribution in [1.29, 1.82) is 0 Å². The molecule has 1 N–H and O–H groups in total. The average Bonchev–Trinajstić information content (AvgIpc) is 2.45. The van der Waals surface area contributed by atoms with Crippen LogP contribution in [0.3, 0.4) is 0 Å². The molecule has 1 aromatic carbocycles. The molecule has 1 saturated heterocycles. The molecular weight excluding hydrogens is 296 g/mol. The lowest BCUT2D eigenvalue weighted by Gasteiger charge is -2.33. The SMILES string of the molecule is O=C(O)CCC1CCN(c2cccc(Cl)c2[N+](=O)[O-])CC1. The van der Waals surface area contributed by atoms with Gasteiger partial charge in [0.05, 0.1) is 4.92 Å². The van der Waals surface area contributed by atoms with Gasteiger partial charge in [0, 0.05) is 19.5 Å². The Kier molecular flexibility index (Phi) is 5.01. The molecule has 0 amide bonds. The summed E-state index contributed by atoms with van der Waals surface area (Å²) in [7, 11) is 0. The highest BCUT2D eigenvalue weighted by atomic mass is 35.5. The smallest absolute Gasteiger partial charge is 0.310 e. The van der Waals surface area contributed by atoms with Crippen LogP contribution in [0.2, 0.25) is 5.02 Å². The molecule has 0 saturated carbocycles. The van der Waals surface area contributed by atoms with Gasteiger partial charge in [0.1, 0.15) is 10.7 Å². The number of nitro benzene ring substituents is 1. The zero-order valence-electron chi connectivity index (χ0n) is 11.5. The molecule has 7 heteroatoms. The molecule has 1 aliphatic rings. The lowest BCUT2D eigenvalue weighted by Crippen LogP contribution is -2.34. The van der Waals surface area contributed by atoms with E-state index < -0.39 is 10.9 Å². The van der Waals surface area contributed by atoms with Crippen molar-refractivity contribution in [2.24, 2.45) is 5.92 Å². The van der Waals surface area contributed by atoms with Crippen LogP contribution < -0.4 is 4.90 Å². The predicted octanol–water partition coefficient (Wildman–Crippen LogP) is 3.33. The number of piperidine rings is 1. The van der Waals surface area contributed by atoms with Gasteiger partial charge in [-0.25, -0.2) is 0 Å². The van der Waals surface area contributed by atoms with Crippen molar-refractivity contribution in [2.45, 2.75) is 25.7 Å². The van der Waals surface area contributed by atoms with E-state index in [4.69, 9.17) is 16.7 Å². The fourth-order valence-electron chi connectivity index (χ4n) is 2.73. The van der Waals surface area contributed by atoms with Crippen molar-refractivity contribution in [3.8, 4) is 0 Å². The standard InChI is InChI=1S/C14H17ClN2O4/c15-11-2-1-3-12(14(11)17(20)21)16-8-6-10(7-9-16)4-5-13(18)19/h1-3,10H,4-9H2,(H,18,19). The third kappa shape index (κ3) is 3.85. The monoisotopic (exact) mass is 312 g/mol. The first kappa shape index (κ1) is 15.6. The normalized spacial score (nSPS) is 16.0. The molecule has 0 atom stereocenters. The number of para-hydroxylation sites is 1. The summed E-state index contributed by atoms with van der Waals surface area (Å²) in [4.78, 5) is 23.3. The van der Waals surface area contributed by atoms with Crippen LogP contribution >= 0.6 is 11.6 Å². The van der Waals surface area contributed by atoms with Gasteiger partial charge in [-0.3, -0.25) is 14.9 Å². The van der Waals surface area contributed by atoms with Gasteiger partial charge in [-0.15, -0.1) is 0 Å². The quantitative estimate of drug-likeness (QED) is 0.666. The number of aliphatic carboxylic acids is 1. The van der Waals surface area contributed by atoms with Gasteiger partial charge in [-0.1, -0.05) is 17.7 Å². The van der Waals surface area contributed by atoms with Crippen molar-refractivity contribution in [3.63, 3.8) is 0 Å². The highest BCUT2D eigenvalue weighted by Crippen LogP contribution is 2.37. The average molecular weight is 313 g/mol. The summed E-state index contributed by atoms with van der Waals surface area (Å²) in [5, 5.41) is 20.0. The maximum atomic E-state index is 11.2. The van der Waals surface area contributed by atoms with E-state index in [2.05, 4.69) is 0 Å². The van der Waals surface area contributed by atoms with E-state index in [9.17, 15) is 14.9 Å². The molecule has 0 aliphatic carbocycles. The molecule has 1 aromatic rings. The summed E-state index contributed by atoms with van der Waals surface area (Å²) in [6, 6.07) is 4.94. The third-order valence-electron chi connectivity index (χ3n) is 3.87. The number of anilines is 1. The summed E-state index contributed by atoms with van der Waals surface area (Å²) in [6.45, 7) is 1.37. The van der Waals surface area contributed by atoms with Crippen LogP contribution in [0, 0.1) is 16.0 Å². The van der Waals surface area contributed by atoms with Crippen LogP contribution in [0.1, 0.15) is 25.7 Å². The first-order valence-corrected chi connectivity index (χ1v) is 7.26. The number of rotatable bonds is 5. The minimum Gasteiger partial charge on any atom is -0.481 e. The Labute approximate surface area is 127 Å². The van der Waals surface area contributed by atoms with Crippen LogP contribution in [0.15, 0.2) is 18.2 Å². The highest BCUT2D eigenvalue weighted by molar-refractivity contribution is 6.33. The number of nitrogens with zero attached hydrogens (tertiary/aromatic N) is 2. The van der Waals surface area contributed by atoms with Crippen LogP contribution in [-0.2, 0) is 4.79 Å². The van der Waals surface area contributed by atoms with Gasteiger partial charge in [0.25, 0.3) is 0 Å². The van der Waals surface area contributed by atoms with E-state index in [0.717, 1.165) is 12.8 Å². The van der Waals surface area contributed by atoms with E-state index in [1.807, 2.05) is 4.90 Å². The van der Waals surface area contributed by atoms with Crippen molar-refractivity contribution in [1.82, 2.24) is 0 Å². The van der Waals surface area contributed by atoms with E-state index in [1.54, 1.807) is 12.1 Å². The van der Waals surface area contributed by atoms with Crippen LogP contribution in [0.4, 0.5) is 11.4 Å². The molecule has 0 aromatic heterocycles. The van der Waals surface area contributed by atoms with Gasteiger partial charge >= 0.3 is 11.7 Å². The fraction of sp³-hybridized carbons (Fsp3) is 0.500. The van der Waals surface area contributed by atoms with Crippen molar-refractivity contribution < 1.29 is 14.8 Å². The topological polar surface area (TPSA) is 83.7 Å². The second-order valence-corrected chi connectivity index (χ2v) is 5.63. The minimum absolute atomic E-state index is 0.0526. The van der Waals surface area contributed by atoms with Crippen molar-refractivity contribution in [3.05, 3.63) is 33.3 Å². The summed E-state index contributed by atoms with van der Waals surface area (Å²) in [5.41, 5.74) is 0.493. The Hall–Kier alpha value is -1.82. The largest absolute Gasteiger partial charge is 0.481 e. The predicted molar refractivity (Wildman–Crippen MR) is 79.9 cm³/mol. The van der Waals surface area contributed by atoms with Gasteiger partial charge in [-0.05, 0) is 37.3 Å². The van der Waals surface area contributed by atoms with Crippen molar-refractivity contribution in [2.75, 3.05) is 18.0 Å². The number of hydrogen-bond acceptors (Lipinski definition) is 4. The lowest BCUT2D eigenvalue weighted by molar-refractivity contribution is -0.384. The van der Waals surface area contributed by atoms with Crippen LogP contribution in [-0.4, -0.2) is 29.1 Å². The van der Waals surface area contributed by atoms with E-state index >= 15 is 0 Å². The Bertz CT molecular complexity index is 542. The Morgan fingerprint density at radius 2 is 2.10 bits per heavy atom. The van der Waals surface area contributed by atoms with Crippen LogP contribution in [0.25, 0.3) is 0 Å². The van der Waals surface area contributed by atoms with Crippen LogP contribution in [0.5, 0.6) is 0 Å². The molecule has 1 aliphatic heterocycles. The molecule has 0 radical (unpaired) electrons. The molecule has 114 valence electrons. The second kappa shape index (κ2) is 6.76. The Morgan fingerprint density at radius 3 is 2.67 bits per heavy atom. The first-order chi connectivity index (χ1) is 9.99.